The summed E-state index contributed by atoms with van der Waals surface area (Å²) >= 11 is 0. The van der Waals surface area contributed by atoms with Crippen molar-refractivity contribution in [1.82, 2.24) is 30.0 Å². The summed E-state index contributed by atoms with van der Waals surface area (Å²) in [7, 11) is 2.09. The second-order valence-electron chi connectivity index (χ2n) is 8.84. The average Bonchev–Trinajstić information content (AvgIpc) is 3.62. The van der Waals surface area contributed by atoms with Crippen LogP contribution in [-0.2, 0) is 0 Å². The third-order valence-electron chi connectivity index (χ3n) is 6.17. The second-order valence-corrected chi connectivity index (χ2v) is 8.84. The van der Waals surface area contributed by atoms with Gasteiger partial charge >= 0.3 is 0 Å². The van der Waals surface area contributed by atoms with Gasteiger partial charge in [0.25, 0.3) is 0 Å². The Labute approximate surface area is 206 Å². The van der Waals surface area contributed by atoms with Crippen molar-refractivity contribution in [2.45, 2.75) is 6.92 Å². The van der Waals surface area contributed by atoms with Crippen molar-refractivity contribution in [2.24, 2.45) is 0 Å². The van der Waals surface area contributed by atoms with E-state index in [1.54, 1.807) is 42.7 Å². The molecule has 0 saturated carbocycles. The van der Waals surface area contributed by atoms with Crippen LogP contribution in [-0.4, -0.2) is 63.3 Å². The van der Waals surface area contributed by atoms with E-state index in [0.717, 1.165) is 31.9 Å². The van der Waals surface area contributed by atoms with Crippen LogP contribution in [0.2, 0.25) is 0 Å². The first kappa shape index (κ1) is 22.1. The number of nitrogens with zero attached hydrogens (tertiary/aromatic N) is 5. The number of likely N-dealkylation sites (N-methyl/N-ethyl adjacent to an activating group) is 1. The maximum atomic E-state index is 15.2. The summed E-state index contributed by atoms with van der Waals surface area (Å²) in [5.74, 6) is 2.04. The van der Waals surface area contributed by atoms with Crippen LogP contribution in [0.15, 0.2) is 53.1 Å². The van der Waals surface area contributed by atoms with Crippen LogP contribution in [0.1, 0.15) is 5.69 Å². The van der Waals surface area contributed by atoms with E-state index < -0.39 is 5.82 Å². The normalized spacial score (nSPS) is 14.5. The number of halogens is 1. The van der Waals surface area contributed by atoms with E-state index in [0.29, 0.717) is 34.0 Å². The maximum absolute atomic E-state index is 15.2. The van der Waals surface area contributed by atoms with Crippen molar-refractivity contribution < 1.29 is 13.5 Å². The number of ether oxygens (including phenoxy) is 1. The van der Waals surface area contributed by atoms with Gasteiger partial charge in [-0.2, -0.15) is 15.1 Å². The molecule has 0 amide bonds. The molecule has 10 nitrogen and oxygen atoms in total. The number of furan rings is 1. The molecule has 184 valence electrons. The summed E-state index contributed by atoms with van der Waals surface area (Å²) in [4.78, 5) is 16.8. The Morgan fingerprint density at radius 2 is 1.94 bits per heavy atom. The van der Waals surface area contributed by atoms with E-state index in [2.05, 4.69) is 42.3 Å². The Morgan fingerprint density at radius 3 is 2.75 bits per heavy atom. The van der Waals surface area contributed by atoms with Gasteiger partial charge in [0.15, 0.2) is 23.1 Å². The Morgan fingerprint density at radius 1 is 1.08 bits per heavy atom. The zero-order chi connectivity index (χ0) is 24.6. The molecular weight excluding hydrogens is 463 g/mol. The van der Waals surface area contributed by atoms with Crippen molar-refractivity contribution in [1.29, 1.82) is 0 Å². The standard InChI is InChI=1S/C25H25FN8O2/c1-15-12-16-17(27-15)5-6-20(24(16)26)36-23-14-22(34-9-7-33(2)8-10-34)29-25(30-23)28-21-13-18(31-32-21)19-4-3-11-35-19/h3-6,11-14,27H,7-10H2,1-2H3,(H2,28,29,30,31,32). The summed E-state index contributed by atoms with van der Waals surface area (Å²) in [6.07, 6.45) is 1.60. The number of nitrogens with one attached hydrogen (secondary N) is 3. The molecule has 0 bridgehead atoms. The molecule has 0 aliphatic carbocycles. The van der Waals surface area contributed by atoms with Crippen LogP contribution in [0.3, 0.4) is 0 Å². The van der Waals surface area contributed by atoms with E-state index in [-0.39, 0.29) is 17.6 Å². The summed E-state index contributed by atoms with van der Waals surface area (Å²) in [5.41, 5.74) is 2.30. The Kier molecular flexibility index (Phi) is 5.53. The van der Waals surface area contributed by atoms with Crippen LogP contribution in [0.5, 0.6) is 11.6 Å². The van der Waals surface area contributed by atoms with Crippen LogP contribution >= 0.6 is 0 Å². The highest BCUT2D eigenvalue weighted by Gasteiger charge is 2.20. The maximum Gasteiger partial charge on any atom is 0.233 e. The third kappa shape index (κ3) is 4.36. The minimum atomic E-state index is -0.443. The van der Waals surface area contributed by atoms with Gasteiger partial charge in [-0.25, -0.2) is 4.39 Å². The second kappa shape index (κ2) is 9.00. The van der Waals surface area contributed by atoms with Crippen molar-refractivity contribution in [2.75, 3.05) is 43.4 Å². The molecule has 1 saturated heterocycles. The Hall–Kier alpha value is -4.38. The molecule has 11 heteroatoms. The van der Waals surface area contributed by atoms with Crippen molar-refractivity contribution in [3.8, 4) is 23.1 Å². The molecule has 0 spiro atoms. The number of benzene rings is 1. The molecule has 1 aromatic carbocycles. The summed E-state index contributed by atoms with van der Waals surface area (Å²) in [6, 6.07) is 12.3. The van der Waals surface area contributed by atoms with Crippen molar-refractivity contribution in [3.63, 3.8) is 0 Å². The predicted molar refractivity (Wildman–Crippen MR) is 134 cm³/mol. The fourth-order valence-electron chi connectivity index (χ4n) is 4.26. The van der Waals surface area contributed by atoms with Gasteiger partial charge in [0, 0.05) is 54.9 Å². The molecule has 5 aromatic rings. The quantitative estimate of drug-likeness (QED) is 0.316. The molecule has 0 unspecified atom stereocenters. The monoisotopic (exact) mass is 488 g/mol. The third-order valence-corrected chi connectivity index (χ3v) is 6.17. The van der Waals surface area contributed by atoms with E-state index >= 15 is 4.39 Å². The van der Waals surface area contributed by atoms with Gasteiger partial charge in [-0.05, 0) is 44.3 Å². The topological polar surface area (TPSA) is 111 Å². The predicted octanol–water partition coefficient (Wildman–Crippen LogP) is 4.68. The van der Waals surface area contributed by atoms with Gasteiger partial charge in [-0.15, -0.1) is 0 Å². The zero-order valence-corrected chi connectivity index (χ0v) is 19.9. The number of hydrogen-bond acceptors (Lipinski definition) is 8. The summed E-state index contributed by atoms with van der Waals surface area (Å²) in [5, 5.41) is 10.8. The molecular formula is C25H25FN8O2. The number of aromatic amines is 2. The van der Waals surface area contributed by atoms with E-state index in [1.165, 1.54) is 0 Å². The number of H-pyrrole nitrogens is 2. The molecule has 1 aliphatic heterocycles. The lowest BCUT2D eigenvalue weighted by Gasteiger charge is -2.33. The first-order chi connectivity index (χ1) is 17.5. The number of anilines is 3. The first-order valence-electron chi connectivity index (χ1n) is 11.7. The molecule has 3 N–H and O–H groups in total. The number of hydrogen-bond donors (Lipinski definition) is 3. The van der Waals surface area contributed by atoms with E-state index in [1.807, 2.05) is 13.0 Å². The highest BCUT2D eigenvalue weighted by atomic mass is 19.1. The van der Waals surface area contributed by atoms with Gasteiger partial charge in [0.2, 0.25) is 11.8 Å². The lowest BCUT2D eigenvalue weighted by Crippen LogP contribution is -2.44. The minimum absolute atomic E-state index is 0.0929. The van der Waals surface area contributed by atoms with E-state index in [4.69, 9.17) is 14.1 Å². The smallest absolute Gasteiger partial charge is 0.233 e. The largest absolute Gasteiger partial charge is 0.463 e. The number of fused-ring (bicyclic) bond motifs is 1. The molecule has 1 fully saturated rings. The zero-order valence-electron chi connectivity index (χ0n) is 19.9. The van der Waals surface area contributed by atoms with Crippen LogP contribution < -0.4 is 15.0 Å². The fraction of sp³-hybridized carbons (Fsp3) is 0.240. The number of piperazine rings is 1. The van der Waals surface area contributed by atoms with Gasteiger partial charge in [-0.1, -0.05) is 0 Å². The van der Waals surface area contributed by atoms with E-state index in [9.17, 15) is 0 Å². The minimum Gasteiger partial charge on any atom is -0.463 e. The highest BCUT2D eigenvalue weighted by molar-refractivity contribution is 5.82. The Bertz CT molecular complexity index is 1500. The number of aryl methyl sites for hydroxylation is 1. The van der Waals surface area contributed by atoms with Crippen LogP contribution in [0, 0.1) is 12.7 Å². The fourth-order valence-corrected chi connectivity index (χ4v) is 4.26. The Balaban J connectivity index is 1.33. The van der Waals surface area contributed by atoms with Gasteiger partial charge in [-0.3, -0.25) is 5.10 Å². The van der Waals surface area contributed by atoms with Crippen molar-refractivity contribution in [3.05, 3.63) is 60.2 Å². The van der Waals surface area contributed by atoms with Gasteiger partial charge < -0.3 is 29.3 Å². The highest BCUT2D eigenvalue weighted by Crippen LogP contribution is 2.32. The van der Waals surface area contributed by atoms with Gasteiger partial charge in [0.1, 0.15) is 11.5 Å². The first-order valence-corrected chi connectivity index (χ1v) is 11.7. The van der Waals surface area contributed by atoms with Crippen LogP contribution in [0.4, 0.5) is 22.0 Å². The molecule has 6 rings (SSSR count). The number of rotatable bonds is 6. The molecule has 0 radical (unpaired) electrons. The summed E-state index contributed by atoms with van der Waals surface area (Å²) in [6.45, 7) is 5.32. The lowest BCUT2D eigenvalue weighted by molar-refractivity contribution is 0.312. The van der Waals surface area contributed by atoms with Gasteiger partial charge in [0.05, 0.1) is 6.26 Å². The molecule has 4 aromatic heterocycles. The SMILES string of the molecule is Cc1cc2c(F)c(Oc3cc(N4CCN(C)CC4)nc(Nc4cc(-c5ccco5)[nH]n4)n3)ccc2[nH]1. The summed E-state index contributed by atoms with van der Waals surface area (Å²) < 4.78 is 26.6. The van der Waals surface area contributed by atoms with Crippen LogP contribution in [0.25, 0.3) is 22.4 Å². The molecule has 0 atom stereocenters. The average molecular weight is 489 g/mol. The molecule has 36 heavy (non-hydrogen) atoms. The number of aromatic nitrogens is 5. The van der Waals surface area contributed by atoms with Crippen molar-refractivity contribution >= 4 is 28.5 Å². The molecule has 1 aliphatic rings. The molecule has 5 heterocycles. The lowest BCUT2D eigenvalue weighted by atomic mass is 10.2.